The number of nitrogens with zero attached hydrogens (tertiary/aromatic N) is 4. The van der Waals surface area contributed by atoms with Crippen LogP contribution in [0.15, 0.2) is 23.4 Å². The summed E-state index contributed by atoms with van der Waals surface area (Å²) in [6.45, 7) is 2.87. The molecule has 8 heteroatoms. The summed E-state index contributed by atoms with van der Waals surface area (Å²) < 4.78 is 28.8. The van der Waals surface area contributed by atoms with Crippen LogP contribution in [0, 0.1) is 12.8 Å². The summed E-state index contributed by atoms with van der Waals surface area (Å²) in [5.74, 6) is 0.320. The van der Waals surface area contributed by atoms with Gasteiger partial charge < -0.3 is 0 Å². The number of nitrogens with one attached hydrogen (secondary N) is 1. The van der Waals surface area contributed by atoms with Gasteiger partial charge in [0.05, 0.1) is 5.69 Å². The summed E-state index contributed by atoms with van der Waals surface area (Å²) in [7, 11) is -1.72. The molecular weight excluding hydrogens is 302 g/mol. The van der Waals surface area contributed by atoms with Crippen molar-refractivity contribution in [2.24, 2.45) is 13.0 Å². The van der Waals surface area contributed by atoms with Crippen LogP contribution < -0.4 is 0 Å². The molecule has 0 unspecified atom stereocenters. The lowest BCUT2D eigenvalue weighted by molar-refractivity contribution is 0.264. The molecule has 1 aliphatic rings. The molecule has 1 fully saturated rings. The van der Waals surface area contributed by atoms with E-state index in [4.69, 9.17) is 0 Å². The molecule has 0 amide bonds. The summed E-state index contributed by atoms with van der Waals surface area (Å²) in [6.07, 6.45) is 6.07. The number of hydrogen-bond donors (Lipinski definition) is 1. The third-order valence-corrected chi connectivity index (χ3v) is 6.10. The number of H-pyrrole nitrogens is 1. The van der Waals surface area contributed by atoms with Gasteiger partial charge in [-0.15, -0.1) is 0 Å². The number of aromatic nitrogens is 4. The second kappa shape index (κ2) is 5.85. The lowest BCUT2D eigenvalue weighted by Crippen LogP contribution is -2.40. The quantitative estimate of drug-likeness (QED) is 0.913. The maximum atomic E-state index is 12.8. The van der Waals surface area contributed by atoms with Gasteiger partial charge >= 0.3 is 0 Å². The molecule has 1 atom stereocenters. The average molecular weight is 323 g/mol. The van der Waals surface area contributed by atoms with Crippen LogP contribution in [0.3, 0.4) is 0 Å². The molecule has 7 nitrogen and oxygen atoms in total. The molecular formula is C14H21N5O2S. The van der Waals surface area contributed by atoms with Crippen LogP contribution in [0.1, 0.15) is 24.2 Å². The Morgan fingerprint density at radius 3 is 2.91 bits per heavy atom. The molecule has 0 saturated carbocycles. The first-order valence-corrected chi connectivity index (χ1v) is 8.89. The normalized spacial score (nSPS) is 20.4. The van der Waals surface area contributed by atoms with Crippen molar-refractivity contribution in [2.75, 3.05) is 13.1 Å². The predicted octanol–water partition coefficient (Wildman–Crippen LogP) is 1.10. The van der Waals surface area contributed by atoms with E-state index in [9.17, 15) is 8.42 Å². The molecule has 1 saturated heterocycles. The Hall–Kier alpha value is -1.67. The van der Waals surface area contributed by atoms with E-state index in [1.165, 1.54) is 0 Å². The highest BCUT2D eigenvalue weighted by atomic mass is 32.2. The monoisotopic (exact) mass is 323 g/mol. The number of rotatable bonds is 4. The summed E-state index contributed by atoms with van der Waals surface area (Å²) in [5.41, 5.74) is 1.61. The van der Waals surface area contributed by atoms with Gasteiger partial charge in [0.15, 0.2) is 0 Å². The second-order valence-electron chi connectivity index (χ2n) is 5.91. The maximum absolute atomic E-state index is 12.8. The van der Waals surface area contributed by atoms with Crippen LogP contribution in [0.2, 0.25) is 0 Å². The lowest BCUT2D eigenvalue weighted by Gasteiger charge is -2.31. The third kappa shape index (κ3) is 2.93. The minimum absolute atomic E-state index is 0.317. The standard InChI is InChI=1S/C14H21N5O2S/c1-11-14(10-18(2)17-11)22(20,21)19-7-3-4-12(9-19)8-13-5-6-15-16-13/h5-6,10,12H,3-4,7-9H2,1-2H3,(H,15,16)/t12-/m0/s1. The molecule has 3 rings (SSSR count). The minimum atomic E-state index is -3.46. The predicted molar refractivity (Wildman–Crippen MR) is 81.7 cm³/mol. The topological polar surface area (TPSA) is 83.9 Å². The van der Waals surface area contributed by atoms with Gasteiger partial charge in [-0.25, -0.2) is 8.42 Å². The van der Waals surface area contributed by atoms with Crippen molar-refractivity contribution in [3.05, 3.63) is 29.8 Å². The third-order valence-electron chi connectivity index (χ3n) is 4.13. The molecule has 2 aromatic heterocycles. The van der Waals surface area contributed by atoms with Crippen LogP contribution in [0.5, 0.6) is 0 Å². The van der Waals surface area contributed by atoms with E-state index in [0.717, 1.165) is 25.0 Å². The van der Waals surface area contributed by atoms with Crippen molar-refractivity contribution in [3.8, 4) is 0 Å². The first kappa shape index (κ1) is 15.2. The van der Waals surface area contributed by atoms with Gasteiger partial charge in [0.25, 0.3) is 0 Å². The van der Waals surface area contributed by atoms with Gasteiger partial charge in [0.1, 0.15) is 4.90 Å². The SMILES string of the molecule is Cc1nn(C)cc1S(=O)(=O)N1CCC[C@@H](Cc2ccn[nH]2)C1. The zero-order valence-electron chi connectivity index (χ0n) is 12.9. The minimum Gasteiger partial charge on any atom is -0.283 e. The zero-order chi connectivity index (χ0) is 15.7. The van der Waals surface area contributed by atoms with E-state index in [1.54, 1.807) is 35.4 Å². The molecule has 1 N–H and O–H groups in total. The van der Waals surface area contributed by atoms with Crippen LogP contribution in [-0.4, -0.2) is 45.8 Å². The Morgan fingerprint density at radius 1 is 1.45 bits per heavy atom. The Bertz CT molecular complexity index is 735. The van der Waals surface area contributed by atoms with Crippen molar-refractivity contribution in [1.29, 1.82) is 0 Å². The molecule has 0 bridgehead atoms. The molecule has 0 radical (unpaired) electrons. The van der Waals surface area contributed by atoms with E-state index >= 15 is 0 Å². The van der Waals surface area contributed by atoms with Crippen molar-refractivity contribution >= 4 is 10.0 Å². The fourth-order valence-electron chi connectivity index (χ4n) is 3.09. The van der Waals surface area contributed by atoms with E-state index < -0.39 is 10.0 Å². The maximum Gasteiger partial charge on any atom is 0.246 e. The summed E-state index contributed by atoms with van der Waals surface area (Å²) in [5, 5.41) is 11.0. The first-order chi connectivity index (χ1) is 10.5. The molecule has 1 aliphatic heterocycles. The van der Waals surface area contributed by atoms with Gasteiger partial charge in [0.2, 0.25) is 10.0 Å². The molecule has 0 aliphatic carbocycles. The Labute approximate surface area is 130 Å². The Morgan fingerprint density at radius 2 is 2.27 bits per heavy atom. The van der Waals surface area contributed by atoms with Crippen molar-refractivity contribution < 1.29 is 8.42 Å². The van der Waals surface area contributed by atoms with Crippen LogP contribution in [-0.2, 0) is 23.5 Å². The first-order valence-electron chi connectivity index (χ1n) is 7.45. The van der Waals surface area contributed by atoms with Crippen molar-refractivity contribution in [1.82, 2.24) is 24.3 Å². The summed E-state index contributed by atoms with van der Waals surface area (Å²) in [4.78, 5) is 0.317. The molecule has 120 valence electrons. The van der Waals surface area contributed by atoms with Crippen LogP contribution >= 0.6 is 0 Å². The zero-order valence-corrected chi connectivity index (χ0v) is 13.7. The molecule has 3 heterocycles. The van der Waals surface area contributed by atoms with Crippen molar-refractivity contribution in [2.45, 2.75) is 31.1 Å². The fourth-order valence-corrected chi connectivity index (χ4v) is 4.85. The molecule has 0 spiro atoms. The van der Waals surface area contributed by atoms with Crippen LogP contribution in [0.25, 0.3) is 0 Å². The van der Waals surface area contributed by atoms with E-state index in [2.05, 4.69) is 15.3 Å². The molecule has 0 aromatic carbocycles. The Kier molecular flexibility index (Phi) is 4.05. The number of hydrogen-bond acceptors (Lipinski definition) is 4. The lowest BCUT2D eigenvalue weighted by atomic mass is 9.95. The fraction of sp³-hybridized carbons (Fsp3) is 0.571. The van der Waals surface area contributed by atoms with Gasteiger partial charge in [-0.1, -0.05) is 0 Å². The highest BCUT2D eigenvalue weighted by molar-refractivity contribution is 7.89. The van der Waals surface area contributed by atoms with Crippen LogP contribution in [0.4, 0.5) is 0 Å². The highest BCUT2D eigenvalue weighted by Crippen LogP contribution is 2.26. The molecule has 2 aromatic rings. The summed E-state index contributed by atoms with van der Waals surface area (Å²) in [6, 6.07) is 1.94. The molecule has 22 heavy (non-hydrogen) atoms. The van der Waals surface area contributed by atoms with Crippen molar-refractivity contribution in [3.63, 3.8) is 0 Å². The number of sulfonamides is 1. The summed E-state index contributed by atoms with van der Waals surface area (Å²) >= 11 is 0. The number of piperidine rings is 1. The Balaban J connectivity index is 1.77. The van der Waals surface area contributed by atoms with Gasteiger partial charge in [-0.05, 0) is 38.2 Å². The number of aryl methyl sites for hydroxylation is 2. The highest BCUT2D eigenvalue weighted by Gasteiger charge is 2.32. The van der Waals surface area contributed by atoms with E-state index in [0.29, 0.717) is 29.6 Å². The number of aromatic amines is 1. The van der Waals surface area contributed by atoms with Gasteiger partial charge in [0, 0.05) is 38.2 Å². The average Bonchev–Trinajstić information content (AvgIpc) is 3.09. The smallest absolute Gasteiger partial charge is 0.246 e. The second-order valence-corrected chi connectivity index (χ2v) is 7.82. The van der Waals surface area contributed by atoms with E-state index in [1.807, 2.05) is 6.07 Å². The van der Waals surface area contributed by atoms with Gasteiger partial charge in [-0.3, -0.25) is 9.78 Å². The van der Waals surface area contributed by atoms with E-state index in [-0.39, 0.29) is 0 Å². The largest absolute Gasteiger partial charge is 0.283 e. The van der Waals surface area contributed by atoms with Gasteiger partial charge in [-0.2, -0.15) is 14.5 Å².